The quantitative estimate of drug-likeness (QED) is 0.696. The van der Waals surface area contributed by atoms with Crippen LogP contribution >= 0.6 is 0 Å². The first-order valence-corrected chi connectivity index (χ1v) is 7.15. The standard InChI is InChI=1S/C13H23N3O2/c17-11-7-12(14-8-11)13(18)16-5-3-15(4-6-16)9-10-1-2-10/h10-12,14,17H,1-9H2/t11-,12-/m1/s1. The molecule has 3 rings (SSSR count). The van der Waals surface area contributed by atoms with Gasteiger partial charge in [0.25, 0.3) is 0 Å². The minimum Gasteiger partial charge on any atom is -0.392 e. The second-order valence-corrected chi connectivity index (χ2v) is 5.92. The summed E-state index contributed by atoms with van der Waals surface area (Å²) >= 11 is 0. The maximum Gasteiger partial charge on any atom is 0.239 e. The lowest BCUT2D eigenvalue weighted by atomic mass is 10.1. The van der Waals surface area contributed by atoms with Crippen molar-refractivity contribution in [2.45, 2.75) is 31.4 Å². The molecule has 1 saturated carbocycles. The van der Waals surface area contributed by atoms with Crippen LogP contribution in [0.2, 0.25) is 0 Å². The molecule has 5 heteroatoms. The highest BCUT2D eigenvalue weighted by Gasteiger charge is 2.33. The third-order valence-electron chi connectivity index (χ3n) is 4.30. The summed E-state index contributed by atoms with van der Waals surface area (Å²) in [6.07, 6.45) is 3.00. The molecule has 0 aromatic rings. The maximum absolute atomic E-state index is 12.2. The van der Waals surface area contributed by atoms with E-state index in [-0.39, 0.29) is 18.1 Å². The van der Waals surface area contributed by atoms with Gasteiger partial charge in [-0.05, 0) is 25.2 Å². The van der Waals surface area contributed by atoms with Crippen LogP contribution in [0.25, 0.3) is 0 Å². The molecule has 0 aromatic carbocycles. The Bertz CT molecular complexity index is 311. The number of rotatable bonds is 3. The van der Waals surface area contributed by atoms with Crippen molar-refractivity contribution in [2.75, 3.05) is 39.3 Å². The highest BCUT2D eigenvalue weighted by molar-refractivity contribution is 5.82. The summed E-state index contributed by atoms with van der Waals surface area (Å²) in [5.41, 5.74) is 0. The van der Waals surface area contributed by atoms with Gasteiger partial charge in [-0.1, -0.05) is 0 Å². The van der Waals surface area contributed by atoms with E-state index >= 15 is 0 Å². The second-order valence-electron chi connectivity index (χ2n) is 5.92. The van der Waals surface area contributed by atoms with Gasteiger partial charge in [0.15, 0.2) is 0 Å². The van der Waals surface area contributed by atoms with Gasteiger partial charge >= 0.3 is 0 Å². The van der Waals surface area contributed by atoms with Crippen LogP contribution in [0.4, 0.5) is 0 Å². The van der Waals surface area contributed by atoms with Crippen molar-refractivity contribution in [3.05, 3.63) is 0 Å². The molecule has 0 aromatic heterocycles. The molecule has 0 radical (unpaired) electrons. The van der Waals surface area contributed by atoms with Crippen molar-refractivity contribution in [1.82, 2.24) is 15.1 Å². The van der Waals surface area contributed by atoms with Gasteiger partial charge in [-0.25, -0.2) is 0 Å². The Kier molecular flexibility index (Phi) is 3.54. The highest BCUT2D eigenvalue weighted by Crippen LogP contribution is 2.29. The first-order valence-electron chi connectivity index (χ1n) is 7.15. The monoisotopic (exact) mass is 253 g/mol. The molecule has 1 amide bonds. The van der Waals surface area contributed by atoms with Crippen molar-refractivity contribution in [1.29, 1.82) is 0 Å². The minimum atomic E-state index is -0.352. The molecule has 3 fully saturated rings. The van der Waals surface area contributed by atoms with E-state index in [0.29, 0.717) is 13.0 Å². The Morgan fingerprint density at radius 1 is 1.22 bits per heavy atom. The molecule has 3 aliphatic rings. The van der Waals surface area contributed by atoms with Crippen LogP contribution in [0, 0.1) is 5.92 Å². The Hall–Kier alpha value is -0.650. The van der Waals surface area contributed by atoms with Crippen molar-refractivity contribution in [2.24, 2.45) is 5.92 Å². The number of piperazine rings is 1. The molecule has 2 aliphatic heterocycles. The zero-order valence-corrected chi connectivity index (χ0v) is 10.8. The Morgan fingerprint density at radius 3 is 2.50 bits per heavy atom. The molecule has 0 spiro atoms. The highest BCUT2D eigenvalue weighted by atomic mass is 16.3. The Labute approximate surface area is 108 Å². The van der Waals surface area contributed by atoms with Gasteiger partial charge in [0.1, 0.15) is 0 Å². The van der Waals surface area contributed by atoms with E-state index in [0.717, 1.165) is 32.1 Å². The zero-order chi connectivity index (χ0) is 12.5. The molecule has 5 nitrogen and oxygen atoms in total. The molecule has 0 unspecified atom stereocenters. The second kappa shape index (κ2) is 5.15. The number of aliphatic hydroxyl groups excluding tert-OH is 1. The first-order chi connectivity index (χ1) is 8.72. The summed E-state index contributed by atoms with van der Waals surface area (Å²) in [7, 11) is 0. The molecular weight excluding hydrogens is 230 g/mol. The maximum atomic E-state index is 12.2. The molecule has 1 aliphatic carbocycles. The number of amides is 1. The van der Waals surface area contributed by atoms with Crippen molar-refractivity contribution >= 4 is 5.91 Å². The van der Waals surface area contributed by atoms with Crippen LogP contribution in [-0.4, -0.2) is 72.2 Å². The number of carbonyl (C=O) groups is 1. The molecule has 18 heavy (non-hydrogen) atoms. The van der Waals surface area contributed by atoms with E-state index in [9.17, 15) is 9.90 Å². The van der Waals surface area contributed by atoms with Gasteiger partial charge in [-0.2, -0.15) is 0 Å². The van der Waals surface area contributed by atoms with Gasteiger partial charge < -0.3 is 15.3 Å². The summed E-state index contributed by atoms with van der Waals surface area (Å²) in [6, 6.07) is -0.157. The van der Waals surface area contributed by atoms with E-state index < -0.39 is 0 Å². The largest absolute Gasteiger partial charge is 0.392 e. The average molecular weight is 253 g/mol. The summed E-state index contributed by atoms with van der Waals surface area (Å²) < 4.78 is 0. The van der Waals surface area contributed by atoms with E-state index in [1.165, 1.54) is 19.4 Å². The molecule has 2 saturated heterocycles. The lowest BCUT2D eigenvalue weighted by molar-refractivity contribution is -0.135. The van der Waals surface area contributed by atoms with Crippen molar-refractivity contribution < 1.29 is 9.90 Å². The predicted octanol–water partition coefficient (Wildman–Crippen LogP) is -0.737. The average Bonchev–Trinajstić information content (AvgIpc) is 3.09. The number of hydrogen-bond acceptors (Lipinski definition) is 4. The minimum absolute atomic E-state index is 0.157. The van der Waals surface area contributed by atoms with E-state index in [1.54, 1.807) is 0 Å². The molecule has 0 bridgehead atoms. The SMILES string of the molecule is O=C([C@H]1C[C@@H](O)CN1)N1CCN(CC2CC2)CC1. The van der Waals surface area contributed by atoms with Crippen molar-refractivity contribution in [3.8, 4) is 0 Å². The Morgan fingerprint density at radius 2 is 1.94 bits per heavy atom. The molecule has 2 heterocycles. The number of nitrogens with one attached hydrogen (secondary N) is 1. The third kappa shape index (κ3) is 2.84. The van der Waals surface area contributed by atoms with E-state index in [2.05, 4.69) is 10.2 Å². The zero-order valence-electron chi connectivity index (χ0n) is 10.8. The fraction of sp³-hybridized carbons (Fsp3) is 0.923. The fourth-order valence-electron chi connectivity index (χ4n) is 2.94. The number of carbonyl (C=O) groups excluding carboxylic acids is 1. The summed E-state index contributed by atoms with van der Waals surface area (Å²) in [4.78, 5) is 16.7. The fourth-order valence-corrected chi connectivity index (χ4v) is 2.94. The van der Waals surface area contributed by atoms with Gasteiger partial charge in [0, 0.05) is 39.3 Å². The van der Waals surface area contributed by atoms with Crippen LogP contribution in [-0.2, 0) is 4.79 Å². The van der Waals surface area contributed by atoms with Crippen LogP contribution in [0.15, 0.2) is 0 Å². The summed E-state index contributed by atoms with van der Waals surface area (Å²) in [6.45, 7) is 5.50. The van der Waals surface area contributed by atoms with Crippen LogP contribution in [0.3, 0.4) is 0 Å². The van der Waals surface area contributed by atoms with Gasteiger partial charge in [0.2, 0.25) is 5.91 Å². The Balaban J connectivity index is 1.45. The number of aliphatic hydroxyl groups is 1. The molecular formula is C13H23N3O2. The smallest absolute Gasteiger partial charge is 0.239 e. The molecule has 2 atom stereocenters. The summed E-state index contributed by atoms with van der Waals surface area (Å²) in [5, 5.41) is 12.6. The molecule has 2 N–H and O–H groups in total. The lowest BCUT2D eigenvalue weighted by Gasteiger charge is -2.36. The van der Waals surface area contributed by atoms with E-state index in [1.807, 2.05) is 4.90 Å². The topological polar surface area (TPSA) is 55.8 Å². The van der Waals surface area contributed by atoms with Gasteiger partial charge in [-0.3, -0.25) is 9.69 Å². The predicted molar refractivity (Wildman–Crippen MR) is 68.2 cm³/mol. The normalized spacial score (nSPS) is 33.9. The van der Waals surface area contributed by atoms with Crippen LogP contribution in [0.5, 0.6) is 0 Å². The first kappa shape index (κ1) is 12.4. The number of hydrogen-bond donors (Lipinski definition) is 2. The van der Waals surface area contributed by atoms with Gasteiger partial charge in [-0.15, -0.1) is 0 Å². The van der Waals surface area contributed by atoms with Crippen LogP contribution < -0.4 is 5.32 Å². The van der Waals surface area contributed by atoms with Crippen molar-refractivity contribution in [3.63, 3.8) is 0 Å². The third-order valence-corrected chi connectivity index (χ3v) is 4.30. The lowest BCUT2D eigenvalue weighted by Crippen LogP contribution is -2.53. The van der Waals surface area contributed by atoms with E-state index in [4.69, 9.17) is 0 Å². The van der Waals surface area contributed by atoms with Gasteiger partial charge in [0.05, 0.1) is 12.1 Å². The summed E-state index contributed by atoms with van der Waals surface area (Å²) in [5.74, 6) is 1.11. The molecule has 102 valence electrons. The number of nitrogens with zero attached hydrogens (tertiary/aromatic N) is 2. The van der Waals surface area contributed by atoms with Crippen LogP contribution in [0.1, 0.15) is 19.3 Å². The number of β-amino-alcohol motifs (C(OH)–C–C–N with tert-alkyl or cyclic N) is 1.